The number of aliphatic carboxylic acids is 2. The molecule has 22 heavy (non-hydrogen) atoms. The Bertz CT molecular complexity index is 540. The molecule has 1 aliphatic heterocycles. The summed E-state index contributed by atoms with van der Waals surface area (Å²) >= 11 is 0. The van der Waals surface area contributed by atoms with Gasteiger partial charge >= 0.3 is 11.9 Å². The van der Waals surface area contributed by atoms with Gasteiger partial charge in [-0.05, 0) is 17.7 Å². The fraction of sp³-hybridized carbons (Fsp3) is 0.385. The molecule has 5 N–H and O–H groups in total. The van der Waals surface area contributed by atoms with Crippen molar-refractivity contribution in [1.29, 1.82) is 0 Å². The van der Waals surface area contributed by atoms with Crippen molar-refractivity contribution in [2.75, 3.05) is 6.54 Å². The molecule has 9 heteroatoms. The summed E-state index contributed by atoms with van der Waals surface area (Å²) < 4.78 is 0. The molecule has 0 aliphatic carbocycles. The van der Waals surface area contributed by atoms with Crippen molar-refractivity contribution in [1.82, 2.24) is 4.90 Å². The Labute approximate surface area is 139 Å². The number of hydrogen-bond donors (Lipinski definition) is 4. The number of hydrogen-bond acceptors (Lipinski definition) is 5. The first-order chi connectivity index (χ1) is 9.32. The Morgan fingerprint density at radius 1 is 1.23 bits per heavy atom. The third-order valence-corrected chi connectivity index (χ3v) is 3.52. The summed E-state index contributed by atoms with van der Waals surface area (Å²) in [4.78, 5) is 23.9. The number of carbonyl (C=O) groups is 2. The minimum absolute atomic E-state index is 0. The predicted molar refractivity (Wildman–Crippen MR) is 83.6 cm³/mol. The Kier molecular flexibility index (Phi) is 7.11. The van der Waals surface area contributed by atoms with E-state index in [0.717, 1.165) is 5.56 Å². The lowest BCUT2D eigenvalue weighted by Gasteiger charge is -2.21. The lowest BCUT2D eigenvalue weighted by atomic mass is 9.98. The number of phenols is 1. The summed E-state index contributed by atoms with van der Waals surface area (Å²) in [5.41, 5.74) is 4.99. The van der Waals surface area contributed by atoms with E-state index in [1.807, 2.05) is 0 Å². The number of likely N-dealkylation sites (tertiary alicyclic amines) is 1. The molecule has 1 heterocycles. The highest BCUT2D eigenvalue weighted by atomic mass is 35.5. The van der Waals surface area contributed by atoms with Crippen molar-refractivity contribution in [2.45, 2.75) is 24.5 Å². The predicted octanol–water partition coefficient (Wildman–Crippen LogP) is 0.677. The number of aromatic hydroxyl groups is 1. The van der Waals surface area contributed by atoms with Crippen molar-refractivity contribution < 1.29 is 24.9 Å². The monoisotopic (exact) mass is 352 g/mol. The zero-order valence-corrected chi connectivity index (χ0v) is 13.1. The summed E-state index contributed by atoms with van der Waals surface area (Å²) in [6, 6.07) is 5.38. The first kappa shape index (κ1) is 20.5. The highest BCUT2D eigenvalue weighted by Crippen LogP contribution is 2.27. The van der Waals surface area contributed by atoms with E-state index >= 15 is 0 Å². The van der Waals surface area contributed by atoms with E-state index in [-0.39, 0.29) is 50.1 Å². The molecule has 0 radical (unpaired) electrons. The molecule has 7 nitrogen and oxygen atoms in total. The third kappa shape index (κ3) is 4.23. The van der Waals surface area contributed by atoms with Crippen LogP contribution in [0.15, 0.2) is 24.3 Å². The molecule has 0 amide bonds. The van der Waals surface area contributed by atoms with Crippen molar-refractivity contribution in [2.24, 2.45) is 5.73 Å². The number of rotatable bonds is 4. The molecule has 0 bridgehead atoms. The molecule has 0 unspecified atom stereocenters. The van der Waals surface area contributed by atoms with Crippen molar-refractivity contribution >= 4 is 36.8 Å². The Morgan fingerprint density at radius 3 is 2.23 bits per heavy atom. The molecule has 1 aromatic carbocycles. The van der Waals surface area contributed by atoms with Crippen molar-refractivity contribution in [3.63, 3.8) is 0 Å². The lowest BCUT2D eigenvalue weighted by Crippen LogP contribution is -2.50. The van der Waals surface area contributed by atoms with E-state index in [4.69, 9.17) is 10.8 Å². The van der Waals surface area contributed by atoms with Crippen LogP contribution in [0.4, 0.5) is 0 Å². The van der Waals surface area contributed by atoms with Crippen molar-refractivity contribution in [3.05, 3.63) is 29.8 Å². The van der Waals surface area contributed by atoms with Gasteiger partial charge in [0.2, 0.25) is 0 Å². The molecule has 0 spiro atoms. The molecule has 124 valence electrons. The summed E-state index contributed by atoms with van der Waals surface area (Å²) in [7, 11) is 0. The van der Waals surface area contributed by atoms with Gasteiger partial charge in [0.05, 0.1) is 0 Å². The van der Waals surface area contributed by atoms with Crippen molar-refractivity contribution in [3.8, 4) is 5.75 Å². The standard InChI is InChI=1S/C13H16N2O5.2ClH/c14-13(12(19)20)5-10(11(17)18)15(7-13)6-8-1-3-9(16)4-2-8;;/h1-4,10,16H,5-7,14H2,(H,17,18)(H,19,20);2*1H/t10-,13-;;/m1../s1. The Balaban J connectivity index is 0.00000220. The average molecular weight is 353 g/mol. The average Bonchev–Trinajstić information content (AvgIpc) is 2.71. The van der Waals surface area contributed by atoms with Gasteiger partial charge in [-0.3, -0.25) is 14.5 Å². The summed E-state index contributed by atoms with van der Waals surface area (Å²) in [6.45, 7) is 0.240. The van der Waals surface area contributed by atoms with Crippen LogP contribution in [0.3, 0.4) is 0 Å². The molecular formula is C13H18Cl2N2O5. The van der Waals surface area contributed by atoms with Gasteiger partial charge in [-0.15, -0.1) is 24.8 Å². The van der Waals surface area contributed by atoms with Crippen LogP contribution >= 0.6 is 24.8 Å². The van der Waals surface area contributed by atoms with E-state index < -0.39 is 23.5 Å². The van der Waals surface area contributed by atoms with Crippen LogP contribution in [0, 0.1) is 0 Å². The molecule has 0 saturated carbocycles. The van der Waals surface area contributed by atoms with E-state index in [0.29, 0.717) is 0 Å². The second kappa shape index (κ2) is 7.64. The van der Waals surface area contributed by atoms with Crippen LogP contribution in [0.2, 0.25) is 0 Å². The summed E-state index contributed by atoms with van der Waals surface area (Å²) in [5, 5.41) is 27.5. The van der Waals surface area contributed by atoms with Crippen LogP contribution in [0.25, 0.3) is 0 Å². The highest BCUT2D eigenvalue weighted by Gasteiger charge is 2.49. The first-order valence-electron chi connectivity index (χ1n) is 6.09. The number of phenolic OH excluding ortho intramolecular Hbond substituents is 1. The van der Waals surface area contributed by atoms with Gasteiger partial charge in [0.15, 0.2) is 0 Å². The maximum Gasteiger partial charge on any atom is 0.325 e. The number of nitrogens with two attached hydrogens (primary N) is 1. The molecule has 1 saturated heterocycles. The van der Waals surface area contributed by atoms with Gasteiger partial charge in [-0.2, -0.15) is 0 Å². The second-order valence-electron chi connectivity index (χ2n) is 5.09. The number of carboxylic acid groups (broad SMARTS) is 2. The Hall–Kier alpha value is -1.54. The molecule has 0 aromatic heterocycles. The summed E-state index contributed by atoms with van der Waals surface area (Å²) in [6.07, 6.45) is -0.129. The fourth-order valence-corrected chi connectivity index (χ4v) is 2.41. The van der Waals surface area contributed by atoms with Gasteiger partial charge in [0.25, 0.3) is 0 Å². The minimum Gasteiger partial charge on any atom is -0.508 e. The first-order valence-corrected chi connectivity index (χ1v) is 6.09. The van der Waals surface area contributed by atoms with E-state index in [2.05, 4.69) is 0 Å². The molecular weight excluding hydrogens is 335 g/mol. The summed E-state index contributed by atoms with van der Waals surface area (Å²) in [5.74, 6) is -2.17. The number of halogens is 2. The molecule has 2 atom stereocenters. The maximum absolute atomic E-state index is 11.2. The van der Waals surface area contributed by atoms with Gasteiger partial charge < -0.3 is 21.1 Å². The molecule has 2 rings (SSSR count). The van der Waals surface area contributed by atoms with E-state index in [9.17, 15) is 19.8 Å². The van der Waals surface area contributed by atoms with Gasteiger partial charge in [-0.1, -0.05) is 12.1 Å². The van der Waals surface area contributed by atoms with E-state index in [1.165, 1.54) is 17.0 Å². The number of carboxylic acids is 2. The van der Waals surface area contributed by atoms with Crippen LogP contribution in [0.5, 0.6) is 5.75 Å². The van der Waals surface area contributed by atoms with Gasteiger partial charge in [0.1, 0.15) is 17.3 Å². The number of benzene rings is 1. The van der Waals surface area contributed by atoms with Crippen LogP contribution in [0.1, 0.15) is 12.0 Å². The smallest absolute Gasteiger partial charge is 0.325 e. The molecule has 1 aromatic rings. The zero-order chi connectivity index (χ0) is 14.9. The largest absolute Gasteiger partial charge is 0.508 e. The Morgan fingerprint density at radius 2 is 1.77 bits per heavy atom. The molecule has 1 aliphatic rings. The maximum atomic E-state index is 11.2. The molecule has 1 fully saturated rings. The minimum atomic E-state index is -1.54. The van der Waals surface area contributed by atoms with Crippen LogP contribution in [-0.2, 0) is 16.1 Å². The quantitative estimate of drug-likeness (QED) is 0.627. The zero-order valence-electron chi connectivity index (χ0n) is 11.5. The van der Waals surface area contributed by atoms with Crippen LogP contribution < -0.4 is 5.73 Å². The SMILES string of the molecule is Cl.Cl.N[C@]1(C(=O)O)C[C@H](C(=O)O)N(Cc2ccc(O)cc2)C1. The normalized spacial score (nSPS) is 24.1. The highest BCUT2D eigenvalue weighted by molar-refractivity contribution is 5.85. The topological polar surface area (TPSA) is 124 Å². The third-order valence-electron chi connectivity index (χ3n) is 3.52. The van der Waals surface area contributed by atoms with Gasteiger partial charge in [0, 0.05) is 19.5 Å². The van der Waals surface area contributed by atoms with E-state index in [1.54, 1.807) is 12.1 Å². The number of nitrogens with zero attached hydrogens (tertiary/aromatic N) is 1. The van der Waals surface area contributed by atoms with Gasteiger partial charge in [-0.25, -0.2) is 0 Å². The van der Waals surface area contributed by atoms with Crippen LogP contribution in [-0.4, -0.2) is 50.3 Å². The lowest BCUT2D eigenvalue weighted by molar-refractivity contribution is -0.142. The fourth-order valence-electron chi connectivity index (χ4n) is 2.41. The second-order valence-corrected chi connectivity index (χ2v) is 5.09.